The van der Waals surface area contributed by atoms with Crippen LogP contribution in [0.4, 0.5) is 11.6 Å². The lowest BCUT2D eigenvalue weighted by Gasteiger charge is -2.09. The van der Waals surface area contributed by atoms with Crippen molar-refractivity contribution in [3.63, 3.8) is 0 Å². The molecule has 0 unspecified atom stereocenters. The van der Waals surface area contributed by atoms with Crippen LogP contribution >= 0.6 is 11.6 Å². The second-order valence-electron chi connectivity index (χ2n) is 7.14. The van der Waals surface area contributed by atoms with Gasteiger partial charge in [-0.25, -0.2) is 9.97 Å². The third kappa shape index (κ3) is 5.50. The van der Waals surface area contributed by atoms with E-state index in [9.17, 15) is 4.79 Å². The SMILES string of the molecule is Bc1ccc(CNC(=O)c2ccc(Nc3nccc(-c4ccc(Cl)cc4)n3)cc2)cc1. The fraction of sp³-hybridized carbons (Fsp3) is 0.0417. The molecule has 0 aliphatic rings. The first kappa shape index (κ1) is 20.6. The Morgan fingerprint density at radius 3 is 2.32 bits per heavy atom. The topological polar surface area (TPSA) is 66.9 Å². The maximum Gasteiger partial charge on any atom is 0.251 e. The Labute approximate surface area is 186 Å². The summed E-state index contributed by atoms with van der Waals surface area (Å²) in [5.74, 6) is 0.358. The van der Waals surface area contributed by atoms with E-state index in [2.05, 4.69) is 20.6 Å². The predicted octanol–water partition coefficient (Wildman–Crippen LogP) is 3.73. The molecule has 0 saturated heterocycles. The van der Waals surface area contributed by atoms with Crippen LogP contribution in [0.5, 0.6) is 0 Å². The van der Waals surface area contributed by atoms with Crippen molar-refractivity contribution in [2.45, 2.75) is 6.54 Å². The molecule has 0 fully saturated rings. The summed E-state index contributed by atoms with van der Waals surface area (Å²) < 4.78 is 0. The van der Waals surface area contributed by atoms with Gasteiger partial charge in [0.25, 0.3) is 5.91 Å². The molecule has 0 aliphatic heterocycles. The van der Waals surface area contributed by atoms with E-state index in [4.69, 9.17) is 11.6 Å². The summed E-state index contributed by atoms with van der Waals surface area (Å²) in [7, 11) is 2.04. The fourth-order valence-electron chi connectivity index (χ4n) is 3.02. The molecule has 7 heteroatoms. The Bertz CT molecular complexity index is 1180. The normalized spacial score (nSPS) is 10.5. The summed E-state index contributed by atoms with van der Waals surface area (Å²) >= 11 is 5.96. The van der Waals surface area contributed by atoms with Crippen LogP contribution < -0.4 is 16.1 Å². The molecule has 1 aromatic heterocycles. The van der Waals surface area contributed by atoms with Crippen molar-refractivity contribution in [1.29, 1.82) is 0 Å². The van der Waals surface area contributed by atoms with Gasteiger partial charge >= 0.3 is 0 Å². The van der Waals surface area contributed by atoms with Crippen molar-refractivity contribution in [3.05, 3.63) is 101 Å². The van der Waals surface area contributed by atoms with E-state index in [0.29, 0.717) is 23.1 Å². The van der Waals surface area contributed by atoms with Crippen LogP contribution in [0.25, 0.3) is 11.3 Å². The van der Waals surface area contributed by atoms with E-state index in [1.54, 1.807) is 18.3 Å². The molecular formula is C24H20BClN4O. The monoisotopic (exact) mass is 426 g/mol. The van der Waals surface area contributed by atoms with Gasteiger partial charge in [0.1, 0.15) is 7.85 Å². The minimum Gasteiger partial charge on any atom is -0.348 e. The zero-order valence-corrected chi connectivity index (χ0v) is 17.7. The van der Waals surface area contributed by atoms with Gasteiger partial charge < -0.3 is 10.6 Å². The number of rotatable bonds is 6. The van der Waals surface area contributed by atoms with Crippen LogP contribution in [0, 0.1) is 0 Å². The van der Waals surface area contributed by atoms with Crippen molar-refractivity contribution in [1.82, 2.24) is 15.3 Å². The van der Waals surface area contributed by atoms with E-state index in [1.807, 2.05) is 74.6 Å². The number of amides is 1. The van der Waals surface area contributed by atoms with Crippen LogP contribution in [-0.4, -0.2) is 23.7 Å². The number of hydrogen-bond acceptors (Lipinski definition) is 4. The van der Waals surface area contributed by atoms with E-state index in [-0.39, 0.29) is 5.91 Å². The van der Waals surface area contributed by atoms with Crippen LogP contribution in [0.3, 0.4) is 0 Å². The van der Waals surface area contributed by atoms with Crippen LogP contribution in [-0.2, 0) is 6.54 Å². The molecule has 1 amide bonds. The number of nitrogens with one attached hydrogen (secondary N) is 2. The number of anilines is 2. The molecule has 1 heterocycles. The average molecular weight is 427 g/mol. The second kappa shape index (κ2) is 9.45. The summed E-state index contributed by atoms with van der Waals surface area (Å²) in [5, 5.41) is 6.79. The summed E-state index contributed by atoms with van der Waals surface area (Å²) in [5.41, 5.74) is 5.39. The Balaban J connectivity index is 1.39. The van der Waals surface area contributed by atoms with Gasteiger partial charge in [0.2, 0.25) is 5.95 Å². The lowest BCUT2D eigenvalue weighted by Crippen LogP contribution is -2.22. The van der Waals surface area contributed by atoms with Gasteiger partial charge in [-0.15, -0.1) is 0 Å². The van der Waals surface area contributed by atoms with Crippen molar-refractivity contribution in [2.75, 3.05) is 5.32 Å². The first-order chi connectivity index (χ1) is 15.1. The highest BCUT2D eigenvalue weighted by Gasteiger charge is 2.07. The van der Waals surface area contributed by atoms with Crippen molar-refractivity contribution in [2.24, 2.45) is 0 Å². The van der Waals surface area contributed by atoms with Crippen LogP contribution in [0.2, 0.25) is 5.02 Å². The molecule has 0 radical (unpaired) electrons. The highest BCUT2D eigenvalue weighted by Crippen LogP contribution is 2.21. The lowest BCUT2D eigenvalue weighted by atomic mass is 9.95. The molecule has 0 saturated carbocycles. The van der Waals surface area contributed by atoms with Crippen molar-refractivity contribution in [3.8, 4) is 11.3 Å². The fourth-order valence-corrected chi connectivity index (χ4v) is 3.15. The van der Waals surface area contributed by atoms with Gasteiger partial charge in [-0.05, 0) is 48.0 Å². The zero-order chi connectivity index (χ0) is 21.6. The number of benzene rings is 3. The lowest BCUT2D eigenvalue weighted by molar-refractivity contribution is 0.0951. The molecule has 31 heavy (non-hydrogen) atoms. The van der Waals surface area contributed by atoms with Gasteiger partial charge in [0.05, 0.1) is 5.69 Å². The zero-order valence-electron chi connectivity index (χ0n) is 17.0. The third-order valence-corrected chi connectivity index (χ3v) is 5.02. The molecule has 0 bridgehead atoms. The van der Waals surface area contributed by atoms with Crippen molar-refractivity contribution < 1.29 is 4.79 Å². The van der Waals surface area contributed by atoms with Gasteiger partial charge in [0.15, 0.2) is 0 Å². The summed E-state index contributed by atoms with van der Waals surface area (Å²) in [6.45, 7) is 0.491. The third-order valence-electron chi connectivity index (χ3n) is 4.77. The van der Waals surface area contributed by atoms with Gasteiger partial charge in [-0.1, -0.05) is 53.5 Å². The van der Waals surface area contributed by atoms with Crippen LogP contribution in [0.15, 0.2) is 85.1 Å². The van der Waals surface area contributed by atoms with Gasteiger partial charge in [0, 0.05) is 34.6 Å². The maximum absolute atomic E-state index is 12.4. The highest BCUT2D eigenvalue weighted by molar-refractivity contribution is 6.32. The minimum absolute atomic E-state index is 0.117. The summed E-state index contributed by atoms with van der Waals surface area (Å²) in [4.78, 5) is 21.2. The molecule has 4 rings (SSSR count). The number of carbonyl (C=O) groups is 1. The smallest absolute Gasteiger partial charge is 0.251 e. The second-order valence-corrected chi connectivity index (χ2v) is 7.58. The average Bonchev–Trinajstić information content (AvgIpc) is 2.80. The molecule has 0 atom stereocenters. The Kier molecular flexibility index (Phi) is 6.29. The Morgan fingerprint density at radius 1 is 0.903 bits per heavy atom. The summed E-state index contributed by atoms with van der Waals surface area (Å²) in [6.07, 6.45) is 1.70. The standard InChI is InChI=1S/C24H20BClN4O/c25-19-7-1-16(2-8-19)15-28-23(31)18-5-11-21(12-6-18)29-24-27-14-13-22(30-24)17-3-9-20(26)10-4-17/h1-14H,15,25H2,(H,28,31)(H,27,29,30). The molecule has 5 nitrogen and oxygen atoms in total. The number of nitrogens with zero attached hydrogens (tertiary/aromatic N) is 2. The van der Waals surface area contributed by atoms with E-state index >= 15 is 0 Å². The molecule has 152 valence electrons. The quantitative estimate of drug-likeness (QED) is 0.461. The summed E-state index contributed by atoms with van der Waals surface area (Å²) in [6, 6.07) is 24.6. The molecule has 3 aromatic carbocycles. The number of carbonyl (C=O) groups excluding carboxylic acids is 1. The number of halogens is 1. The Morgan fingerprint density at radius 2 is 1.61 bits per heavy atom. The van der Waals surface area contributed by atoms with E-state index < -0.39 is 0 Å². The van der Waals surface area contributed by atoms with Gasteiger partial charge in [-0.3, -0.25) is 4.79 Å². The molecular weight excluding hydrogens is 407 g/mol. The molecule has 0 spiro atoms. The Hall–Kier alpha value is -3.64. The first-order valence-corrected chi connectivity index (χ1v) is 10.2. The largest absolute Gasteiger partial charge is 0.348 e. The van der Waals surface area contributed by atoms with E-state index in [0.717, 1.165) is 22.5 Å². The molecule has 2 N–H and O–H groups in total. The number of hydrogen-bond donors (Lipinski definition) is 2. The van der Waals surface area contributed by atoms with E-state index in [1.165, 1.54) is 5.46 Å². The first-order valence-electron chi connectivity index (χ1n) is 9.87. The maximum atomic E-state index is 12.4. The van der Waals surface area contributed by atoms with Gasteiger partial charge in [-0.2, -0.15) is 0 Å². The minimum atomic E-state index is -0.117. The number of aromatic nitrogens is 2. The molecule has 4 aromatic rings. The predicted molar refractivity (Wildman–Crippen MR) is 128 cm³/mol. The van der Waals surface area contributed by atoms with Crippen molar-refractivity contribution >= 4 is 42.5 Å². The molecule has 0 aliphatic carbocycles. The van der Waals surface area contributed by atoms with Crippen LogP contribution in [0.1, 0.15) is 15.9 Å². The highest BCUT2D eigenvalue weighted by atomic mass is 35.5.